The van der Waals surface area contributed by atoms with E-state index in [4.69, 9.17) is 9.47 Å². The van der Waals surface area contributed by atoms with E-state index in [0.29, 0.717) is 18.1 Å². The number of hydrogen-bond acceptors (Lipinski definition) is 4. The van der Waals surface area contributed by atoms with Crippen molar-refractivity contribution in [3.05, 3.63) is 59.7 Å². The molecule has 0 aromatic heterocycles. The van der Waals surface area contributed by atoms with Gasteiger partial charge in [0.25, 0.3) is 0 Å². The van der Waals surface area contributed by atoms with E-state index in [1.54, 1.807) is 13.2 Å². The highest BCUT2D eigenvalue weighted by molar-refractivity contribution is 5.47. The molecular formula is C20H21NO3. The van der Waals surface area contributed by atoms with E-state index in [2.05, 4.69) is 4.99 Å². The highest BCUT2D eigenvalue weighted by Gasteiger charge is 2.36. The van der Waals surface area contributed by atoms with Crippen molar-refractivity contribution in [2.45, 2.75) is 37.8 Å². The zero-order valence-electron chi connectivity index (χ0n) is 13.8. The zero-order chi connectivity index (χ0) is 16.8. The summed E-state index contributed by atoms with van der Waals surface area (Å²) >= 11 is 0. The summed E-state index contributed by atoms with van der Waals surface area (Å²) in [4.78, 5) is 15.0. The van der Waals surface area contributed by atoms with Crippen molar-refractivity contribution in [2.24, 2.45) is 4.99 Å². The SMILES string of the molecule is COc1cc(C2(N=C=O)CCCC2)ccc1OCc1ccccc1. The summed E-state index contributed by atoms with van der Waals surface area (Å²) in [6.45, 7) is 0.480. The molecule has 2 aromatic rings. The van der Waals surface area contributed by atoms with Crippen LogP contribution in [0.2, 0.25) is 0 Å². The molecule has 2 aromatic carbocycles. The highest BCUT2D eigenvalue weighted by Crippen LogP contribution is 2.44. The van der Waals surface area contributed by atoms with Gasteiger partial charge in [-0.05, 0) is 36.1 Å². The lowest BCUT2D eigenvalue weighted by Gasteiger charge is -2.24. The Balaban J connectivity index is 1.84. The maximum Gasteiger partial charge on any atom is 0.235 e. The zero-order valence-corrected chi connectivity index (χ0v) is 13.8. The lowest BCUT2D eigenvalue weighted by atomic mass is 9.89. The molecule has 1 fully saturated rings. The molecule has 0 spiro atoms. The topological polar surface area (TPSA) is 47.9 Å². The maximum atomic E-state index is 10.9. The minimum absolute atomic E-state index is 0.451. The van der Waals surface area contributed by atoms with Gasteiger partial charge in [-0.25, -0.2) is 4.79 Å². The van der Waals surface area contributed by atoms with Gasteiger partial charge in [-0.2, -0.15) is 4.99 Å². The van der Waals surface area contributed by atoms with Gasteiger partial charge in [0.15, 0.2) is 11.5 Å². The van der Waals surface area contributed by atoms with Gasteiger partial charge in [-0.1, -0.05) is 49.2 Å². The molecule has 0 saturated heterocycles. The van der Waals surface area contributed by atoms with Crippen LogP contribution in [0.15, 0.2) is 53.5 Å². The largest absolute Gasteiger partial charge is 0.493 e. The maximum absolute atomic E-state index is 10.9. The van der Waals surface area contributed by atoms with Gasteiger partial charge < -0.3 is 9.47 Å². The Bertz CT molecular complexity index is 730. The first-order valence-corrected chi connectivity index (χ1v) is 8.22. The smallest absolute Gasteiger partial charge is 0.235 e. The van der Waals surface area contributed by atoms with E-state index in [9.17, 15) is 4.79 Å². The average molecular weight is 323 g/mol. The Morgan fingerprint density at radius 1 is 1.08 bits per heavy atom. The molecule has 24 heavy (non-hydrogen) atoms. The number of benzene rings is 2. The molecule has 0 aliphatic heterocycles. The summed E-state index contributed by atoms with van der Waals surface area (Å²) in [7, 11) is 1.62. The van der Waals surface area contributed by atoms with Crippen molar-refractivity contribution in [3.63, 3.8) is 0 Å². The summed E-state index contributed by atoms with van der Waals surface area (Å²) in [6.07, 6.45) is 5.63. The summed E-state index contributed by atoms with van der Waals surface area (Å²) in [6, 6.07) is 15.8. The standard InChI is InChI=1S/C20H21NO3/c1-23-19-13-17(20(21-15-22)11-5-6-12-20)9-10-18(19)24-14-16-7-3-2-4-8-16/h2-4,7-10,13H,5-6,11-12,14H2,1H3. The van der Waals surface area contributed by atoms with Crippen LogP contribution in [-0.2, 0) is 16.9 Å². The number of isocyanates is 1. The first-order chi connectivity index (χ1) is 11.8. The number of methoxy groups -OCH3 is 1. The summed E-state index contributed by atoms with van der Waals surface area (Å²) in [5.74, 6) is 1.35. The first kappa shape index (κ1) is 16.3. The number of aliphatic imine (C=N–C) groups is 1. The third-order valence-electron chi connectivity index (χ3n) is 4.63. The van der Waals surface area contributed by atoms with Gasteiger partial charge in [0.05, 0.1) is 12.6 Å². The van der Waals surface area contributed by atoms with Crippen molar-refractivity contribution < 1.29 is 14.3 Å². The van der Waals surface area contributed by atoms with Gasteiger partial charge in [-0.15, -0.1) is 0 Å². The Morgan fingerprint density at radius 2 is 1.83 bits per heavy atom. The second kappa shape index (κ2) is 7.33. The third kappa shape index (κ3) is 3.34. The molecule has 124 valence electrons. The lowest BCUT2D eigenvalue weighted by Crippen LogP contribution is -2.19. The van der Waals surface area contributed by atoms with Gasteiger partial charge in [-0.3, -0.25) is 0 Å². The minimum atomic E-state index is -0.451. The van der Waals surface area contributed by atoms with Gasteiger partial charge in [0, 0.05) is 0 Å². The van der Waals surface area contributed by atoms with E-state index in [0.717, 1.165) is 36.8 Å². The van der Waals surface area contributed by atoms with Crippen LogP contribution >= 0.6 is 0 Å². The molecule has 0 amide bonds. The van der Waals surface area contributed by atoms with Crippen molar-refractivity contribution in [1.29, 1.82) is 0 Å². The van der Waals surface area contributed by atoms with E-state index >= 15 is 0 Å². The van der Waals surface area contributed by atoms with E-state index in [1.807, 2.05) is 48.5 Å². The predicted octanol–water partition coefficient (Wildman–Crippen LogP) is 4.38. The Hall–Kier alpha value is -2.58. The highest BCUT2D eigenvalue weighted by atomic mass is 16.5. The number of rotatable bonds is 6. The van der Waals surface area contributed by atoms with Crippen molar-refractivity contribution >= 4 is 6.08 Å². The predicted molar refractivity (Wildman–Crippen MR) is 92.0 cm³/mol. The summed E-state index contributed by atoms with van der Waals surface area (Å²) in [5.41, 5.74) is 1.64. The van der Waals surface area contributed by atoms with Gasteiger partial charge in [0.1, 0.15) is 6.61 Å². The third-order valence-corrected chi connectivity index (χ3v) is 4.63. The summed E-state index contributed by atoms with van der Waals surface area (Å²) < 4.78 is 11.4. The fourth-order valence-corrected chi connectivity index (χ4v) is 3.32. The van der Waals surface area contributed by atoms with Crippen LogP contribution in [0.1, 0.15) is 36.8 Å². The fraction of sp³-hybridized carbons (Fsp3) is 0.350. The fourth-order valence-electron chi connectivity index (χ4n) is 3.32. The molecule has 1 aliphatic carbocycles. The molecule has 0 unspecified atom stereocenters. The Kier molecular flexibility index (Phi) is 4.97. The normalized spacial score (nSPS) is 15.5. The molecule has 4 heteroatoms. The minimum Gasteiger partial charge on any atom is -0.493 e. The Labute approximate surface area is 142 Å². The monoisotopic (exact) mass is 323 g/mol. The van der Waals surface area contributed by atoms with Gasteiger partial charge >= 0.3 is 0 Å². The summed E-state index contributed by atoms with van der Waals surface area (Å²) in [5, 5.41) is 0. The van der Waals surface area contributed by atoms with E-state index in [1.165, 1.54) is 0 Å². The van der Waals surface area contributed by atoms with Crippen LogP contribution in [0.4, 0.5) is 0 Å². The van der Waals surface area contributed by atoms with Crippen molar-refractivity contribution in [2.75, 3.05) is 7.11 Å². The Morgan fingerprint density at radius 3 is 2.50 bits per heavy atom. The molecular weight excluding hydrogens is 302 g/mol. The van der Waals surface area contributed by atoms with Crippen LogP contribution in [-0.4, -0.2) is 13.2 Å². The molecule has 4 nitrogen and oxygen atoms in total. The second-order valence-electron chi connectivity index (χ2n) is 6.08. The molecule has 1 saturated carbocycles. The number of hydrogen-bond donors (Lipinski definition) is 0. The number of ether oxygens (including phenoxy) is 2. The van der Waals surface area contributed by atoms with Gasteiger partial charge in [0.2, 0.25) is 6.08 Å². The number of carbonyl (C=O) groups excluding carboxylic acids is 1. The molecule has 3 rings (SSSR count). The second-order valence-corrected chi connectivity index (χ2v) is 6.08. The lowest BCUT2D eigenvalue weighted by molar-refractivity contribution is 0.283. The van der Waals surface area contributed by atoms with Crippen LogP contribution in [0.25, 0.3) is 0 Å². The van der Waals surface area contributed by atoms with E-state index < -0.39 is 5.54 Å². The molecule has 0 bridgehead atoms. The molecule has 1 aliphatic rings. The van der Waals surface area contributed by atoms with Crippen molar-refractivity contribution in [3.8, 4) is 11.5 Å². The quantitative estimate of drug-likeness (QED) is 0.585. The average Bonchev–Trinajstić information content (AvgIpc) is 3.11. The molecule has 0 N–H and O–H groups in total. The molecule has 0 radical (unpaired) electrons. The number of nitrogens with zero attached hydrogens (tertiary/aromatic N) is 1. The van der Waals surface area contributed by atoms with Crippen LogP contribution in [0.5, 0.6) is 11.5 Å². The molecule has 0 heterocycles. The first-order valence-electron chi connectivity index (χ1n) is 8.22. The van der Waals surface area contributed by atoms with E-state index in [-0.39, 0.29) is 0 Å². The van der Waals surface area contributed by atoms with Crippen LogP contribution in [0.3, 0.4) is 0 Å². The molecule has 0 atom stereocenters. The van der Waals surface area contributed by atoms with Crippen LogP contribution in [0, 0.1) is 0 Å². The van der Waals surface area contributed by atoms with Crippen LogP contribution < -0.4 is 9.47 Å². The van der Waals surface area contributed by atoms with Crippen molar-refractivity contribution in [1.82, 2.24) is 0 Å².